The molecule has 0 aliphatic carbocycles. The predicted octanol–water partition coefficient (Wildman–Crippen LogP) is 3.82. The fourth-order valence-electron chi connectivity index (χ4n) is 3.59. The zero-order valence-corrected chi connectivity index (χ0v) is 19.3. The monoisotopic (exact) mass is 479 g/mol. The summed E-state index contributed by atoms with van der Waals surface area (Å²) in [5.74, 6) is -0.297. The maximum Gasteiger partial charge on any atom is 0.258 e. The largest absolute Gasteiger partial charge is 0.367 e. The Bertz CT molecular complexity index is 1150. The normalized spacial score (nSPS) is 13.4. The van der Waals surface area contributed by atoms with Crippen LogP contribution < -0.4 is 15.5 Å². The number of thiocarbonyl (C=S) groups is 1. The minimum atomic E-state index is -0.341. The van der Waals surface area contributed by atoms with Gasteiger partial charge in [0.05, 0.1) is 16.3 Å². The van der Waals surface area contributed by atoms with Gasteiger partial charge in [-0.1, -0.05) is 29.8 Å². The molecule has 2 aromatic carbocycles. The van der Waals surface area contributed by atoms with Crippen molar-refractivity contribution >= 4 is 52.1 Å². The molecule has 3 aromatic rings. The molecule has 4 rings (SSSR count). The van der Waals surface area contributed by atoms with Crippen molar-refractivity contribution in [2.75, 3.05) is 36.4 Å². The van der Waals surface area contributed by atoms with E-state index in [0.29, 0.717) is 48.0 Å². The van der Waals surface area contributed by atoms with E-state index in [0.717, 1.165) is 5.69 Å². The Labute approximate surface area is 202 Å². The molecule has 0 radical (unpaired) electrons. The number of hydrogen-bond donors (Lipinski definition) is 2. The molecule has 0 saturated carbocycles. The fraction of sp³-hybridized carbons (Fsp3) is 0.167. The van der Waals surface area contributed by atoms with Crippen LogP contribution in [0.2, 0.25) is 5.02 Å². The number of piperazine rings is 1. The Balaban J connectivity index is 1.33. The van der Waals surface area contributed by atoms with E-state index in [1.54, 1.807) is 24.4 Å². The molecule has 9 heteroatoms. The summed E-state index contributed by atoms with van der Waals surface area (Å²) < 4.78 is 0. The molecule has 0 bridgehead atoms. The first-order valence-electron chi connectivity index (χ1n) is 10.4. The lowest BCUT2D eigenvalue weighted by Gasteiger charge is -2.36. The molecule has 33 heavy (non-hydrogen) atoms. The van der Waals surface area contributed by atoms with Crippen LogP contribution in [0.3, 0.4) is 0 Å². The lowest BCUT2D eigenvalue weighted by atomic mass is 10.1. The standard InChI is InChI=1S/C24H22ClN5O2S/c25-20-15-19(27-24(33)28-22(31)18-7-4-10-26-16-18)8-9-21(20)29-11-13-30(14-12-29)23(32)17-5-2-1-3-6-17/h1-10,15-16H,11-14H2,(H2,27,28,31,33). The molecular formula is C24H22ClN5O2S. The van der Waals surface area contributed by atoms with Crippen molar-refractivity contribution in [3.63, 3.8) is 0 Å². The number of anilines is 2. The van der Waals surface area contributed by atoms with Gasteiger partial charge in [0.15, 0.2) is 5.11 Å². The minimum absolute atomic E-state index is 0.0442. The highest BCUT2D eigenvalue weighted by molar-refractivity contribution is 7.80. The molecule has 1 saturated heterocycles. The second-order valence-electron chi connectivity index (χ2n) is 7.46. The average Bonchev–Trinajstić information content (AvgIpc) is 2.85. The molecule has 0 unspecified atom stereocenters. The van der Waals surface area contributed by atoms with E-state index in [4.69, 9.17) is 23.8 Å². The second-order valence-corrected chi connectivity index (χ2v) is 8.28. The number of nitrogens with one attached hydrogen (secondary N) is 2. The number of rotatable bonds is 4. The summed E-state index contributed by atoms with van der Waals surface area (Å²) >= 11 is 11.8. The molecule has 2 heterocycles. The average molecular weight is 480 g/mol. The highest BCUT2D eigenvalue weighted by atomic mass is 35.5. The Morgan fingerprint density at radius 3 is 2.33 bits per heavy atom. The van der Waals surface area contributed by atoms with Crippen LogP contribution in [0, 0.1) is 0 Å². The summed E-state index contributed by atoms with van der Waals surface area (Å²) in [4.78, 5) is 32.8. The van der Waals surface area contributed by atoms with E-state index in [2.05, 4.69) is 20.5 Å². The molecule has 2 N–H and O–H groups in total. The van der Waals surface area contributed by atoms with Crippen molar-refractivity contribution in [3.8, 4) is 0 Å². The van der Waals surface area contributed by atoms with Crippen molar-refractivity contribution in [3.05, 3.63) is 89.2 Å². The van der Waals surface area contributed by atoms with Crippen LogP contribution in [0.1, 0.15) is 20.7 Å². The SMILES string of the molecule is O=C(NC(=S)Nc1ccc(N2CCN(C(=O)c3ccccc3)CC2)c(Cl)c1)c1cccnc1. The van der Waals surface area contributed by atoms with E-state index in [1.807, 2.05) is 47.4 Å². The summed E-state index contributed by atoms with van der Waals surface area (Å²) in [6.45, 7) is 2.61. The van der Waals surface area contributed by atoms with Crippen LogP contribution in [0.25, 0.3) is 0 Å². The summed E-state index contributed by atoms with van der Waals surface area (Å²) in [7, 11) is 0. The van der Waals surface area contributed by atoms with Crippen molar-refractivity contribution in [1.29, 1.82) is 0 Å². The third kappa shape index (κ3) is 5.66. The maximum absolute atomic E-state index is 12.7. The molecule has 0 spiro atoms. The maximum atomic E-state index is 12.7. The van der Waals surface area contributed by atoms with Crippen LogP contribution in [-0.2, 0) is 0 Å². The van der Waals surface area contributed by atoms with Crippen LogP contribution in [-0.4, -0.2) is 53.0 Å². The quantitative estimate of drug-likeness (QED) is 0.554. The van der Waals surface area contributed by atoms with Gasteiger partial charge in [-0.05, 0) is 54.7 Å². The van der Waals surface area contributed by atoms with Crippen LogP contribution >= 0.6 is 23.8 Å². The Morgan fingerprint density at radius 2 is 1.67 bits per heavy atom. The van der Waals surface area contributed by atoms with Gasteiger partial charge in [0.25, 0.3) is 11.8 Å². The van der Waals surface area contributed by atoms with Gasteiger partial charge in [-0.2, -0.15) is 0 Å². The van der Waals surface area contributed by atoms with Crippen LogP contribution in [0.4, 0.5) is 11.4 Å². The molecule has 7 nitrogen and oxygen atoms in total. The number of amides is 2. The molecule has 0 atom stereocenters. The zero-order valence-electron chi connectivity index (χ0n) is 17.7. The van der Waals surface area contributed by atoms with Crippen LogP contribution in [0.5, 0.6) is 0 Å². The molecule has 2 amide bonds. The summed E-state index contributed by atoms with van der Waals surface area (Å²) in [5, 5.41) is 6.33. The van der Waals surface area contributed by atoms with Gasteiger partial charge < -0.3 is 15.1 Å². The zero-order chi connectivity index (χ0) is 23.2. The van der Waals surface area contributed by atoms with Gasteiger partial charge in [-0.25, -0.2) is 0 Å². The predicted molar refractivity (Wildman–Crippen MR) is 134 cm³/mol. The molecule has 1 aliphatic heterocycles. The van der Waals surface area contributed by atoms with E-state index in [1.165, 1.54) is 6.20 Å². The third-order valence-corrected chi connectivity index (χ3v) is 5.79. The fourth-order valence-corrected chi connectivity index (χ4v) is 4.10. The number of benzene rings is 2. The number of carbonyl (C=O) groups is 2. The minimum Gasteiger partial charge on any atom is -0.367 e. The molecule has 168 valence electrons. The summed E-state index contributed by atoms with van der Waals surface area (Å²) in [6.07, 6.45) is 3.06. The highest BCUT2D eigenvalue weighted by Gasteiger charge is 2.23. The summed E-state index contributed by atoms with van der Waals surface area (Å²) in [5.41, 5.74) is 2.67. The van der Waals surface area contributed by atoms with E-state index in [-0.39, 0.29) is 16.9 Å². The third-order valence-electron chi connectivity index (χ3n) is 5.28. The smallest absolute Gasteiger partial charge is 0.258 e. The number of hydrogen-bond acceptors (Lipinski definition) is 5. The van der Waals surface area contributed by atoms with Crippen LogP contribution in [0.15, 0.2) is 73.1 Å². The lowest BCUT2D eigenvalue weighted by molar-refractivity contribution is 0.0746. The first-order chi connectivity index (χ1) is 16.0. The number of pyridine rings is 1. The van der Waals surface area contributed by atoms with Crippen molar-refractivity contribution in [1.82, 2.24) is 15.2 Å². The first-order valence-corrected chi connectivity index (χ1v) is 11.2. The highest BCUT2D eigenvalue weighted by Crippen LogP contribution is 2.30. The Morgan fingerprint density at radius 1 is 0.939 bits per heavy atom. The van der Waals surface area contributed by atoms with Gasteiger partial charge >= 0.3 is 0 Å². The first kappa shape index (κ1) is 22.7. The van der Waals surface area contributed by atoms with Crippen molar-refractivity contribution < 1.29 is 9.59 Å². The van der Waals surface area contributed by atoms with Crippen molar-refractivity contribution in [2.24, 2.45) is 0 Å². The Hall–Kier alpha value is -3.49. The molecule has 1 aromatic heterocycles. The van der Waals surface area contributed by atoms with Gasteiger partial charge in [0.1, 0.15) is 0 Å². The summed E-state index contributed by atoms with van der Waals surface area (Å²) in [6, 6.07) is 18.2. The number of nitrogens with zero attached hydrogens (tertiary/aromatic N) is 3. The van der Waals surface area contributed by atoms with Crippen molar-refractivity contribution in [2.45, 2.75) is 0 Å². The van der Waals surface area contributed by atoms with Gasteiger partial charge in [-0.15, -0.1) is 0 Å². The van der Waals surface area contributed by atoms with Gasteiger partial charge in [-0.3, -0.25) is 19.9 Å². The van der Waals surface area contributed by atoms with Gasteiger partial charge in [0, 0.05) is 49.8 Å². The van der Waals surface area contributed by atoms with E-state index < -0.39 is 0 Å². The van der Waals surface area contributed by atoms with E-state index in [9.17, 15) is 9.59 Å². The number of carbonyl (C=O) groups excluding carboxylic acids is 2. The topological polar surface area (TPSA) is 77.6 Å². The molecule has 1 aliphatic rings. The molecule has 1 fully saturated rings. The number of aromatic nitrogens is 1. The lowest BCUT2D eigenvalue weighted by Crippen LogP contribution is -2.48. The van der Waals surface area contributed by atoms with Gasteiger partial charge in [0.2, 0.25) is 0 Å². The molecular weight excluding hydrogens is 458 g/mol. The Kier molecular flexibility index (Phi) is 7.16. The number of halogens is 1. The van der Waals surface area contributed by atoms with E-state index >= 15 is 0 Å². The second kappa shape index (κ2) is 10.4.